The fourth-order valence-electron chi connectivity index (χ4n) is 3.75. The van der Waals surface area contributed by atoms with E-state index in [-0.39, 0.29) is 17.2 Å². The summed E-state index contributed by atoms with van der Waals surface area (Å²) in [6, 6.07) is 14.4. The van der Waals surface area contributed by atoms with Gasteiger partial charge in [-0.3, -0.25) is 14.5 Å². The van der Waals surface area contributed by atoms with Crippen LogP contribution < -0.4 is 14.4 Å². The number of Topliss-reactive ketones (excluding diaryl/α,β-unsaturated/α-hetero) is 1. The molecule has 8 heteroatoms. The summed E-state index contributed by atoms with van der Waals surface area (Å²) in [5.74, 6) is -0.0297. The molecule has 1 aliphatic heterocycles. The number of aliphatic hydroxyl groups excluding tert-OH is 1. The molecule has 0 bridgehead atoms. The number of methoxy groups -OCH3 is 1. The number of aryl methyl sites for hydroxylation is 1. The number of hydrogen-bond acceptors (Lipinski definition) is 7. The van der Waals surface area contributed by atoms with E-state index < -0.39 is 17.7 Å². The smallest absolute Gasteiger partial charge is 0.301 e. The zero-order chi connectivity index (χ0) is 23.5. The Labute approximate surface area is 191 Å². The SMILES string of the molecule is CCCOc1cccc(C2C(=C(O)c3ccc(OC)cc3)C(=O)C(=O)N2c2cc(C)on2)c1. The van der Waals surface area contributed by atoms with Crippen LogP contribution in [-0.2, 0) is 9.59 Å². The van der Waals surface area contributed by atoms with Gasteiger partial charge in [-0.1, -0.05) is 24.2 Å². The monoisotopic (exact) mass is 448 g/mol. The predicted molar refractivity (Wildman–Crippen MR) is 121 cm³/mol. The number of nitrogens with zero attached hydrogens (tertiary/aromatic N) is 2. The molecular weight excluding hydrogens is 424 g/mol. The predicted octanol–water partition coefficient (Wildman–Crippen LogP) is 4.41. The van der Waals surface area contributed by atoms with Gasteiger partial charge in [-0.15, -0.1) is 0 Å². The van der Waals surface area contributed by atoms with Crippen molar-refractivity contribution in [3.63, 3.8) is 0 Å². The molecule has 8 nitrogen and oxygen atoms in total. The van der Waals surface area contributed by atoms with Crippen LogP contribution in [0, 0.1) is 6.92 Å². The second kappa shape index (κ2) is 9.20. The highest BCUT2D eigenvalue weighted by atomic mass is 16.5. The number of ether oxygens (including phenoxy) is 2. The molecule has 1 N–H and O–H groups in total. The highest BCUT2D eigenvalue weighted by Gasteiger charge is 2.48. The van der Waals surface area contributed by atoms with E-state index in [0.717, 1.165) is 6.42 Å². The van der Waals surface area contributed by atoms with Crippen LogP contribution in [-0.4, -0.2) is 35.7 Å². The van der Waals surface area contributed by atoms with E-state index in [4.69, 9.17) is 14.0 Å². The van der Waals surface area contributed by atoms with Gasteiger partial charge in [0, 0.05) is 11.6 Å². The maximum Gasteiger partial charge on any atom is 0.301 e. The third-order valence-corrected chi connectivity index (χ3v) is 5.32. The Hall–Kier alpha value is -4.07. The van der Waals surface area contributed by atoms with Crippen molar-refractivity contribution in [2.24, 2.45) is 0 Å². The van der Waals surface area contributed by atoms with Crippen LogP contribution >= 0.6 is 0 Å². The summed E-state index contributed by atoms with van der Waals surface area (Å²) >= 11 is 0. The van der Waals surface area contributed by atoms with Gasteiger partial charge in [0.25, 0.3) is 5.78 Å². The molecule has 0 radical (unpaired) electrons. The molecule has 0 spiro atoms. The number of ketones is 1. The highest BCUT2D eigenvalue weighted by Crippen LogP contribution is 2.42. The normalized spacial score (nSPS) is 17.4. The second-order valence-electron chi connectivity index (χ2n) is 7.61. The molecule has 2 aromatic carbocycles. The number of carbonyl (C=O) groups excluding carboxylic acids is 2. The van der Waals surface area contributed by atoms with Gasteiger partial charge in [0.1, 0.15) is 23.0 Å². The summed E-state index contributed by atoms with van der Waals surface area (Å²) in [5.41, 5.74) is 0.936. The fraction of sp³-hybridized carbons (Fsp3) is 0.240. The van der Waals surface area contributed by atoms with E-state index in [2.05, 4.69) is 5.16 Å². The summed E-state index contributed by atoms with van der Waals surface area (Å²) in [7, 11) is 1.54. The van der Waals surface area contributed by atoms with Crippen molar-refractivity contribution in [2.75, 3.05) is 18.6 Å². The maximum atomic E-state index is 13.2. The van der Waals surface area contributed by atoms with Crippen molar-refractivity contribution >= 4 is 23.3 Å². The van der Waals surface area contributed by atoms with Crippen molar-refractivity contribution in [1.29, 1.82) is 0 Å². The van der Waals surface area contributed by atoms with Crippen LogP contribution in [0.2, 0.25) is 0 Å². The minimum Gasteiger partial charge on any atom is -0.507 e. The fourth-order valence-corrected chi connectivity index (χ4v) is 3.75. The molecule has 33 heavy (non-hydrogen) atoms. The molecule has 1 aromatic heterocycles. The largest absolute Gasteiger partial charge is 0.507 e. The molecule has 1 atom stereocenters. The van der Waals surface area contributed by atoms with E-state index in [1.807, 2.05) is 6.92 Å². The number of anilines is 1. The van der Waals surface area contributed by atoms with Crippen molar-refractivity contribution in [2.45, 2.75) is 26.3 Å². The first-order valence-electron chi connectivity index (χ1n) is 10.6. The molecule has 1 unspecified atom stereocenters. The number of aliphatic hydroxyl groups is 1. The van der Waals surface area contributed by atoms with E-state index in [1.54, 1.807) is 61.5 Å². The summed E-state index contributed by atoms with van der Waals surface area (Å²) in [6.07, 6.45) is 0.832. The van der Waals surface area contributed by atoms with Crippen molar-refractivity contribution < 1.29 is 28.7 Å². The van der Waals surface area contributed by atoms with Crippen LogP contribution in [0.15, 0.2) is 64.7 Å². The molecule has 170 valence electrons. The molecular formula is C25H24N2O6. The van der Waals surface area contributed by atoms with Gasteiger partial charge in [-0.25, -0.2) is 0 Å². The standard InChI is InChI=1S/C25H24N2O6/c1-4-12-32-19-7-5-6-17(14-19)22-21(23(28)16-8-10-18(31-3)11-9-16)24(29)25(30)27(22)20-13-15(2)33-26-20/h5-11,13-14,22,28H,4,12H2,1-3H3. The van der Waals surface area contributed by atoms with Crippen molar-refractivity contribution in [1.82, 2.24) is 5.16 Å². The number of aromatic nitrogens is 1. The Bertz CT molecular complexity index is 1210. The van der Waals surface area contributed by atoms with Gasteiger partial charge in [-0.05, 0) is 55.3 Å². The minimum atomic E-state index is -0.915. The summed E-state index contributed by atoms with van der Waals surface area (Å²) < 4.78 is 16.1. The molecule has 2 heterocycles. The first-order chi connectivity index (χ1) is 15.9. The van der Waals surface area contributed by atoms with E-state index in [0.29, 0.717) is 35.0 Å². The average molecular weight is 448 g/mol. The lowest BCUT2D eigenvalue weighted by atomic mass is 9.95. The second-order valence-corrected chi connectivity index (χ2v) is 7.61. The molecule has 1 saturated heterocycles. The number of amides is 1. The van der Waals surface area contributed by atoms with Gasteiger partial charge in [0.05, 0.1) is 25.3 Å². The Morgan fingerprint density at radius 2 is 1.88 bits per heavy atom. The van der Waals surface area contributed by atoms with Crippen LogP contribution in [0.1, 0.15) is 36.3 Å². The maximum absolute atomic E-state index is 13.2. The van der Waals surface area contributed by atoms with Crippen LogP contribution in [0.25, 0.3) is 5.76 Å². The Balaban J connectivity index is 1.88. The van der Waals surface area contributed by atoms with Crippen LogP contribution in [0.4, 0.5) is 5.82 Å². The molecule has 1 fully saturated rings. The van der Waals surface area contributed by atoms with Crippen molar-refractivity contribution in [3.05, 3.63) is 77.1 Å². The number of benzene rings is 2. The summed E-state index contributed by atoms with van der Waals surface area (Å²) in [5, 5.41) is 15.1. The number of carbonyl (C=O) groups is 2. The number of rotatable bonds is 7. The Morgan fingerprint density at radius 1 is 1.12 bits per heavy atom. The molecule has 0 saturated carbocycles. The number of hydrogen-bond donors (Lipinski definition) is 1. The zero-order valence-corrected chi connectivity index (χ0v) is 18.6. The Morgan fingerprint density at radius 3 is 2.52 bits per heavy atom. The van der Waals surface area contributed by atoms with E-state index in [1.165, 1.54) is 12.0 Å². The van der Waals surface area contributed by atoms with Gasteiger partial charge in [0.2, 0.25) is 0 Å². The molecule has 0 aliphatic carbocycles. The van der Waals surface area contributed by atoms with Crippen molar-refractivity contribution in [3.8, 4) is 11.5 Å². The minimum absolute atomic E-state index is 0.0431. The zero-order valence-electron chi connectivity index (χ0n) is 18.6. The summed E-state index contributed by atoms with van der Waals surface area (Å²) in [6.45, 7) is 4.22. The topological polar surface area (TPSA) is 102 Å². The van der Waals surface area contributed by atoms with Gasteiger partial charge in [-0.2, -0.15) is 0 Å². The lowest BCUT2D eigenvalue weighted by molar-refractivity contribution is -0.132. The van der Waals surface area contributed by atoms with E-state index in [9.17, 15) is 14.7 Å². The molecule has 3 aromatic rings. The van der Waals surface area contributed by atoms with Gasteiger partial charge >= 0.3 is 5.91 Å². The van der Waals surface area contributed by atoms with Crippen LogP contribution in [0.3, 0.4) is 0 Å². The van der Waals surface area contributed by atoms with Crippen LogP contribution in [0.5, 0.6) is 11.5 Å². The Kier molecular flexibility index (Phi) is 6.17. The summed E-state index contributed by atoms with van der Waals surface area (Å²) in [4.78, 5) is 27.5. The molecule has 1 aliphatic rings. The quantitative estimate of drug-likeness (QED) is 0.325. The van der Waals surface area contributed by atoms with Gasteiger partial charge in [0.15, 0.2) is 5.82 Å². The van der Waals surface area contributed by atoms with E-state index >= 15 is 0 Å². The molecule has 4 rings (SSSR count). The lowest BCUT2D eigenvalue weighted by Crippen LogP contribution is -2.29. The third-order valence-electron chi connectivity index (χ3n) is 5.32. The first-order valence-corrected chi connectivity index (χ1v) is 10.6. The third kappa shape index (κ3) is 4.19. The lowest BCUT2D eigenvalue weighted by Gasteiger charge is -2.23. The average Bonchev–Trinajstić information content (AvgIpc) is 3.38. The highest BCUT2D eigenvalue weighted by molar-refractivity contribution is 6.51. The first kappa shape index (κ1) is 22.1. The van der Waals surface area contributed by atoms with Gasteiger partial charge < -0.3 is 19.1 Å². The molecule has 1 amide bonds.